The summed E-state index contributed by atoms with van der Waals surface area (Å²) in [5.41, 5.74) is 2.49. The summed E-state index contributed by atoms with van der Waals surface area (Å²) < 4.78 is 25.4. The number of aliphatic carboxylic acids is 1. The highest BCUT2D eigenvalue weighted by Gasteiger charge is 2.31. The highest BCUT2D eigenvalue weighted by molar-refractivity contribution is 5.72. The molecule has 5 heteroatoms. The first kappa shape index (κ1) is 17.0. The minimum absolute atomic E-state index is 0.0505. The Balaban J connectivity index is 1.84. The van der Waals surface area contributed by atoms with Crippen molar-refractivity contribution in [1.82, 2.24) is 0 Å². The summed E-state index contributed by atoms with van der Waals surface area (Å²) in [5.74, 6) is -0.596. The van der Waals surface area contributed by atoms with Crippen LogP contribution in [0.4, 0.5) is 4.39 Å². The molecule has 0 fully saturated rings. The average Bonchev–Trinajstić information content (AvgIpc) is 2.86. The summed E-state index contributed by atoms with van der Waals surface area (Å²) >= 11 is 0. The number of benzene rings is 2. The molecule has 0 saturated heterocycles. The molecule has 25 heavy (non-hydrogen) atoms. The van der Waals surface area contributed by atoms with E-state index in [1.54, 1.807) is 6.07 Å². The lowest BCUT2D eigenvalue weighted by Crippen LogP contribution is -2.24. The van der Waals surface area contributed by atoms with Gasteiger partial charge >= 0.3 is 5.97 Å². The van der Waals surface area contributed by atoms with Crippen LogP contribution in [-0.4, -0.2) is 16.7 Å². The van der Waals surface area contributed by atoms with Crippen molar-refractivity contribution in [2.75, 3.05) is 0 Å². The van der Waals surface area contributed by atoms with E-state index in [1.165, 1.54) is 24.5 Å². The molecule has 2 aromatic carbocycles. The van der Waals surface area contributed by atoms with Crippen molar-refractivity contribution in [3.8, 4) is 22.6 Å². The van der Waals surface area contributed by atoms with E-state index in [0.29, 0.717) is 0 Å². The van der Waals surface area contributed by atoms with Gasteiger partial charge in [-0.1, -0.05) is 18.2 Å². The molecule has 1 aliphatic rings. The van der Waals surface area contributed by atoms with E-state index in [-0.39, 0.29) is 17.8 Å². The quantitative estimate of drug-likeness (QED) is 0.809. The van der Waals surface area contributed by atoms with E-state index in [1.807, 2.05) is 32.0 Å². The Kier molecular flexibility index (Phi) is 4.49. The van der Waals surface area contributed by atoms with Crippen molar-refractivity contribution in [1.29, 1.82) is 0 Å². The lowest BCUT2D eigenvalue weighted by atomic mass is 9.93. The van der Waals surface area contributed by atoms with Crippen molar-refractivity contribution in [2.45, 2.75) is 32.3 Å². The largest absolute Gasteiger partial charge is 0.487 e. The van der Waals surface area contributed by atoms with Gasteiger partial charge in [-0.2, -0.15) is 0 Å². The second kappa shape index (κ2) is 6.59. The second-order valence-electron chi connectivity index (χ2n) is 6.55. The van der Waals surface area contributed by atoms with Gasteiger partial charge in [0.1, 0.15) is 11.4 Å². The van der Waals surface area contributed by atoms with Crippen LogP contribution in [0.5, 0.6) is 11.5 Å². The van der Waals surface area contributed by atoms with E-state index < -0.39 is 11.8 Å². The molecule has 0 amide bonds. The molecule has 3 rings (SSSR count). The molecule has 0 aliphatic carbocycles. The molecule has 0 unspecified atom stereocenters. The number of carboxylic acid groups (broad SMARTS) is 1. The zero-order valence-electron chi connectivity index (χ0n) is 14.1. The minimum atomic E-state index is -0.973. The zero-order valence-corrected chi connectivity index (χ0v) is 14.1. The number of halogens is 1. The fraction of sp³-hybridized carbons (Fsp3) is 0.250. The SMILES string of the molecule is CC1(C)Cc2c(cccc2-c2ccc(O/C=C/CC(=O)O)c(F)c2)O1. The standard InChI is InChI=1S/C20H19FO4/c1-20(2)12-15-14(5-3-6-17(15)25-20)13-8-9-18(16(21)11-13)24-10-4-7-19(22)23/h3-6,8-11H,7,12H2,1-2H3,(H,22,23)/b10-4+. The molecular formula is C20H19FO4. The Morgan fingerprint density at radius 2 is 2.16 bits per heavy atom. The van der Waals surface area contributed by atoms with Crippen molar-refractivity contribution >= 4 is 5.97 Å². The third-order valence-electron chi connectivity index (χ3n) is 3.95. The van der Waals surface area contributed by atoms with E-state index in [9.17, 15) is 9.18 Å². The topological polar surface area (TPSA) is 55.8 Å². The van der Waals surface area contributed by atoms with Crippen LogP contribution in [0.2, 0.25) is 0 Å². The monoisotopic (exact) mass is 342 g/mol. The van der Waals surface area contributed by atoms with Crippen molar-refractivity contribution < 1.29 is 23.8 Å². The Morgan fingerprint density at radius 3 is 2.88 bits per heavy atom. The predicted octanol–water partition coefficient (Wildman–Crippen LogP) is 4.57. The summed E-state index contributed by atoms with van der Waals surface area (Å²) in [6.07, 6.45) is 3.09. The third-order valence-corrected chi connectivity index (χ3v) is 3.95. The molecule has 0 spiro atoms. The maximum atomic E-state index is 14.3. The first-order chi connectivity index (χ1) is 11.9. The highest BCUT2D eigenvalue weighted by Crippen LogP contribution is 2.41. The molecule has 1 aliphatic heterocycles. The van der Waals surface area contributed by atoms with E-state index in [4.69, 9.17) is 14.6 Å². The average molecular weight is 342 g/mol. The van der Waals surface area contributed by atoms with Gasteiger partial charge in [0.05, 0.1) is 12.7 Å². The summed E-state index contributed by atoms with van der Waals surface area (Å²) in [4.78, 5) is 10.4. The molecular weight excluding hydrogens is 323 g/mol. The summed E-state index contributed by atoms with van der Waals surface area (Å²) in [7, 11) is 0. The van der Waals surface area contributed by atoms with Crippen molar-refractivity contribution in [2.24, 2.45) is 0 Å². The summed E-state index contributed by atoms with van der Waals surface area (Å²) in [6.45, 7) is 4.05. The van der Waals surface area contributed by atoms with Gasteiger partial charge in [0, 0.05) is 12.0 Å². The van der Waals surface area contributed by atoms with Gasteiger partial charge in [0.15, 0.2) is 11.6 Å². The number of carbonyl (C=O) groups is 1. The zero-order chi connectivity index (χ0) is 18.0. The van der Waals surface area contributed by atoms with Gasteiger partial charge in [-0.3, -0.25) is 4.79 Å². The second-order valence-corrected chi connectivity index (χ2v) is 6.55. The number of hydrogen-bond acceptors (Lipinski definition) is 3. The van der Waals surface area contributed by atoms with Crippen LogP contribution < -0.4 is 9.47 Å². The molecule has 0 aromatic heterocycles. The molecule has 2 aromatic rings. The van der Waals surface area contributed by atoms with Crippen LogP contribution in [0.3, 0.4) is 0 Å². The molecule has 1 N–H and O–H groups in total. The fourth-order valence-electron chi connectivity index (χ4n) is 2.91. The molecule has 0 atom stereocenters. The first-order valence-electron chi connectivity index (χ1n) is 8.00. The normalized spacial score (nSPS) is 15.0. The first-order valence-corrected chi connectivity index (χ1v) is 8.00. The highest BCUT2D eigenvalue weighted by atomic mass is 19.1. The lowest BCUT2D eigenvalue weighted by molar-refractivity contribution is -0.136. The predicted molar refractivity (Wildman–Crippen MR) is 92.3 cm³/mol. The van der Waals surface area contributed by atoms with Crippen LogP contribution >= 0.6 is 0 Å². The molecule has 0 radical (unpaired) electrons. The Bertz CT molecular complexity index is 840. The van der Waals surface area contributed by atoms with Gasteiger partial charge in [-0.25, -0.2) is 4.39 Å². The van der Waals surface area contributed by atoms with Crippen LogP contribution in [0.15, 0.2) is 48.7 Å². The van der Waals surface area contributed by atoms with Gasteiger partial charge < -0.3 is 14.6 Å². The molecule has 4 nitrogen and oxygen atoms in total. The molecule has 0 bridgehead atoms. The van der Waals surface area contributed by atoms with Crippen LogP contribution in [0, 0.1) is 5.82 Å². The minimum Gasteiger partial charge on any atom is -0.487 e. The maximum absolute atomic E-state index is 14.3. The summed E-state index contributed by atoms with van der Waals surface area (Å²) in [5, 5.41) is 8.55. The Morgan fingerprint density at radius 1 is 1.36 bits per heavy atom. The van der Waals surface area contributed by atoms with Crippen LogP contribution in [-0.2, 0) is 11.2 Å². The maximum Gasteiger partial charge on any atom is 0.307 e. The third kappa shape index (κ3) is 3.82. The lowest BCUT2D eigenvalue weighted by Gasteiger charge is -2.16. The number of rotatable bonds is 5. The van der Waals surface area contributed by atoms with Gasteiger partial charge in [-0.15, -0.1) is 0 Å². The number of ether oxygens (including phenoxy) is 2. The number of fused-ring (bicyclic) bond motifs is 1. The van der Waals surface area contributed by atoms with Gasteiger partial charge in [0.2, 0.25) is 0 Å². The number of carboxylic acids is 1. The smallest absolute Gasteiger partial charge is 0.307 e. The van der Waals surface area contributed by atoms with Crippen LogP contribution in [0.25, 0.3) is 11.1 Å². The Hall–Kier alpha value is -2.82. The van der Waals surface area contributed by atoms with E-state index in [0.717, 1.165) is 28.9 Å². The summed E-state index contributed by atoms with van der Waals surface area (Å²) in [6, 6.07) is 10.5. The molecule has 0 saturated carbocycles. The molecule has 130 valence electrons. The van der Waals surface area contributed by atoms with Crippen molar-refractivity contribution in [3.05, 3.63) is 60.1 Å². The van der Waals surface area contributed by atoms with Gasteiger partial charge in [0.25, 0.3) is 0 Å². The fourth-order valence-corrected chi connectivity index (χ4v) is 2.91. The Labute approximate surface area is 145 Å². The molecule has 1 heterocycles. The van der Waals surface area contributed by atoms with E-state index >= 15 is 0 Å². The van der Waals surface area contributed by atoms with Gasteiger partial charge in [-0.05, 0) is 49.2 Å². The number of hydrogen-bond donors (Lipinski definition) is 1. The van der Waals surface area contributed by atoms with E-state index in [2.05, 4.69) is 0 Å². The van der Waals surface area contributed by atoms with Crippen molar-refractivity contribution in [3.63, 3.8) is 0 Å². The van der Waals surface area contributed by atoms with Crippen LogP contribution in [0.1, 0.15) is 25.8 Å².